The molecular formula is C20H18N2OS. The van der Waals surface area contributed by atoms with E-state index >= 15 is 0 Å². The lowest BCUT2D eigenvalue weighted by molar-refractivity contribution is -0.115. The molecule has 0 unspecified atom stereocenters. The van der Waals surface area contributed by atoms with E-state index in [4.69, 9.17) is 0 Å². The van der Waals surface area contributed by atoms with Crippen molar-refractivity contribution in [3.63, 3.8) is 0 Å². The van der Waals surface area contributed by atoms with Gasteiger partial charge in [0.2, 0.25) is 0 Å². The lowest BCUT2D eigenvalue weighted by Gasteiger charge is -2.09. The molecule has 120 valence electrons. The maximum atomic E-state index is 12.7. The highest BCUT2D eigenvalue weighted by atomic mass is 32.1. The van der Waals surface area contributed by atoms with E-state index in [0.29, 0.717) is 12.1 Å². The van der Waals surface area contributed by atoms with Crippen molar-refractivity contribution in [3.8, 4) is 0 Å². The van der Waals surface area contributed by atoms with Gasteiger partial charge < -0.3 is 5.32 Å². The minimum Gasteiger partial charge on any atom is -0.346 e. The topological polar surface area (TPSA) is 42.0 Å². The molecular weight excluding hydrogens is 316 g/mol. The fourth-order valence-corrected chi connectivity index (χ4v) is 2.98. The number of carbonyl (C=O) groups excluding carboxylic acids is 1. The van der Waals surface area contributed by atoms with Crippen LogP contribution in [-0.4, -0.2) is 10.9 Å². The third-order valence-electron chi connectivity index (χ3n) is 3.54. The molecule has 0 atom stereocenters. The second-order valence-electron chi connectivity index (χ2n) is 5.38. The number of aromatic nitrogens is 1. The maximum Gasteiger partial charge on any atom is 0.252 e. The van der Waals surface area contributed by atoms with Crippen LogP contribution in [0.25, 0.3) is 11.6 Å². The lowest BCUT2D eigenvalue weighted by atomic mass is 10.0. The van der Waals surface area contributed by atoms with Crippen molar-refractivity contribution >= 4 is 28.9 Å². The van der Waals surface area contributed by atoms with Crippen LogP contribution < -0.4 is 5.32 Å². The summed E-state index contributed by atoms with van der Waals surface area (Å²) in [6.07, 6.45) is 1.91. The number of carbonyl (C=O) groups is 1. The Balaban J connectivity index is 1.84. The average Bonchev–Trinajstić information content (AvgIpc) is 3.04. The molecule has 0 bridgehead atoms. The number of aryl methyl sites for hydroxylation is 1. The highest BCUT2D eigenvalue weighted by Crippen LogP contribution is 2.19. The van der Waals surface area contributed by atoms with Crippen molar-refractivity contribution < 1.29 is 4.79 Å². The van der Waals surface area contributed by atoms with Gasteiger partial charge in [0.15, 0.2) is 0 Å². The van der Waals surface area contributed by atoms with Gasteiger partial charge in [-0.1, -0.05) is 60.7 Å². The van der Waals surface area contributed by atoms with E-state index in [-0.39, 0.29) is 5.91 Å². The van der Waals surface area contributed by atoms with E-state index in [1.807, 2.05) is 79.0 Å². The molecule has 0 spiro atoms. The first-order valence-electron chi connectivity index (χ1n) is 7.74. The maximum absolute atomic E-state index is 12.7. The van der Waals surface area contributed by atoms with Crippen LogP contribution in [0, 0.1) is 6.92 Å². The van der Waals surface area contributed by atoms with Crippen molar-refractivity contribution in [1.29, 1.82) is 0 Å². The highest BCUT2D eigenvalue weighted by molar-refractivity contribution is 7.09. The first-order chi connectivity index (χ1) is 11.7. The van der Waals surface area contributed by atoms with Gasteiger partial charge in [-0.3, -0.25) is 4.79 Å². The molecule has 0 saturated carbocycles. The zero-order valence-corrected chi connectivity index (χ0v) is 14.2. The molecule has 0 saturated heterocycles. The van der Waals surface area contributed by atoms with E-state index in [0.717, 1.165) is 21.8 Å². The summed E-state index contributed by atoms with van der Waals surface area (Å²) < 4.78 is 0. The molecule has 1 N–H and O–H groups in total. The molecule has 0 fully saturated rings. The van der Waals surface area contributed by atoms with E-state index < -0.39 is 0 Å². The number of rotatable bonds is 5. The van der Waals surface area contributed by atoms with Gasteiger partial charge in [0.05, 0.1) is 17.2 Å². The fourth-order valence-electron chi connectivity index (χ4n) is 2.37. The number of benzene rings is 2. The first kappa shape index (κ1) is 16.1. The molecule has 24 heavy (non-hydrogen) atoms. The third-order valence-corrected chi connectivity index (χ3v) is 4.36. The Bertz CT molecular complexity index is 838. The van der Waals surface area contributed by atoms with Crippen molar-refractivity contribution in [2.24, 2.45) is 0 Å². The van der Waals surface area contributed by atoms with E-state index in [1.54, 1.807) is 11.3 Å². The van der Waals surface area contributed by atoms with Gasteiger partial charge >= 0.3 is 0 Å². The van der Waals surface area contributed by atoms with Crippen LogP contribution in [0.15, 0.2) is 66.0 Å². The van der Waals surface area contributed by atoms with E-state index in [1.165, 1.54) is 0 Å². The van der Waals surface area contributed by atoms with Crippen molar-refractivity contribution in [1.82, 2.24) is 10.3 Å². The summed E-state index contributed by atoms with van der Waals surface area (Å²) in [5.74, 6) is -0.101. The van der Waals surface area contributed by atoms with Gasteiger partial charge in [-0.2, -0.15) is 0 Å². The molecule has 3 rings (SSSR count). The number of nitrogens with one attached hydrogen (secondary N) is 1. The van der Waals surface area contributed by atoms with Gasteiger partial charge in [0, 0.05) is 11.0 Å². The number of hydrogen-bond donors (Lipinski definition) is 1. The molecule has 0 aliphatic heterocycles. The van der Waals surface area contributed by atoms with Crippen LogP contribution in [0.4, 0.5) is 0 Å². The molecule has 1 aromatic heterocycles. The normalized spacial score (nSPS) is 11.3. The number of nitrogens with zero attached hydrogens (tertiary/aromatic N) is 1. The summed E-state index contributed by atoms with van der Waals surface area (Å²) in [5, 5.41) is 5.94. The molecule has 0 aliphatic carbocycles. The quantitative estimate of drug-likeness (QED) is 0.558. The molecule has 3 nitrogen and oxygen atoms in total. The zero-order valence-electron chi connectivity index (χ0n) is 13.4. The van der Waals surface area contributed by atoms with Gasteiger partial charge in [-0.25, -0.2) is 4.98 Å². The molecule has 0 aliphatic rings. The number of amides is 1. The Morgan fingerprint density at radius 3 is 2.38 bits per heavy atom. The third kappa shape index (κ3) is 4.18. The standard InChI is InChI=1S/C20H18N2OS/c1-15-22-18(14-24-15)13-21-20(23)19(17-10-6-3-7-11-17)12-16-8-4-2-5-9-16/h2-12,14H,13H2,1H3,(H,21,23)/b19-12-. The smallest absolute Gasteiger partial charge is 0.252 e. The van der Waals surface area contributed by atoms with Crippen LogP contribution in [0.1, 0.15) is 21.8 Å². The first-order valence-corrected chi connectivity index (χ1v) is 8.62. The molecule has 0 radical (unpaired) electrons. The van der Waals surface area contributed by atoms with Crippen molar-refractivity contribution in [2.45, 2.75) is 13.5 Å². The molecule has 2 aromatic carbocycles. The Morgan fingerprint density at radius 2 is 1.75 bits per heavy atom. The Labute approximate surface area is 145 Å². The fraction of sp³-hybridized carbons (Fsp3) is 0.100. The van der Waals surface area contributed by atoms with Gasteiger partial charge in [-0.15, -0.1) is 11.3 Å². The predicted molar refractivity (Wildman–Crippen MR) is 99.5 cm³/mol. The molecule has 3 aromatic rings. The van der Waals surface area contributed by atoms with Gasteiger partial charge in [-0.05, 0) is 24.1 Å². The Kier molecular flexibility index (Phi) is 5.18. The minimum atomic E-state index is -0.101. The van der Waals surface area contributed by atoms with Crippen molar-refractivity contribution in [2.75, 3.05) is 0 Å². The van der Waals surface area contributed by atoms with Crippen LogP contribution in [0.2, 0.25) is 0 Å². The summed E-state index contributed by atoms with van der Waals surface area (Å²) in [6.45, 7) is 2.39. The Hall–Kier alpha value is -2.72. The largest absolute Gasteiger partial charge is 0.346 e. The highest BCUT2D eigenvalue weighted by Gasteiger charge is 2.12. The summed E-state index contributed by atoms with van der Waals surface area (Å²) in [7, 11) is 0. The predicted octanol–water partition coefficient (Wildman–Crippen LogP) is 4.31. The number of hydrogen-bond acceptors (Lipinski definition) is 3. The lowest BCUT2D eigenvalue weighted by Crippen LogP contribution is -2.24. The van der Waals surface area contributed by atoms with Crippen LogP contribution in [0.5, 0.6) is 0 Å². The summed E-state index contributed by atoms with van der Waals surface area (Å²) in [5.41, 5.74) is 3.43. The second-order valence-corrected chi connectivity index (χ2v) is 6.44. The molecule has 1 amide bonds. The molecule has 4 heteroatoms. The van der Waals surface area contributed by atoms with E-state index in [9.17, 15) is 4.79 Å². The van der Waals surface area contributed by atoms with E-state index in [2.05, 4.69) is 10.3 Å². The van der Waals surface area contributed by atoms with Crippen LogP contribution in [-0.2, 0) is 11.3 Å². The van der Waals surface area contributed by atoms with Crippen LogP contribution >= 0.6 is 11.3 Å². The summed E-state index contributed by atoms with van der Waals surface area (Å²) >= 11 is 1.59. The Morgan fingerprint density at radius 1 is 1.08 bits per heavy atom. The average molecular weight is 334 g/mol. The second kappa shape index (κ2) is 7.70. The number of thiazole rings is 1. The minimum absolute atomic E-state index is 0.101. The van der Waals surface area contributed by atoms with Crippen LogP contribution in [0.3, 0.4) is 0 Å². The SMILES string of the molecule is Cc1nc(CNC(=O)/C(=C\c2ccccc2)c2ccccc2)cs1. The zero-order chi connectivity index (χ0) is 16.8. The summed E-state index contributed by atoms with van der Waals surface area (Å²) in [4.78, 5) is 17.1. The summed E-state index contributed by atoms with van der Waals surface area (Å²) in [6, 6.07) is 19.6. The van der Waals surface area contributed by atoms with Gasteiger partial charge in [0.25, 0.3) is 5.91 Å². The van der Waals surface area contributed by atoms with Gasteiger partial charge in [0.1, 0.15) is 0 Å². The molecule has 1 heterocycles. The monoisotopic (exact) mass is 334 g/mol. The van der Waals surface area contributed by atoms with Crippen molar-refractivity contribution in [3.05, 3.63) is 87.9 Å².